The lowest BCUT2D eigenvalue weighted by molar-refractivity contribution is -0.274. The Morgan fingerprint density at radius 2 is 1.50 bits per heavy atom. The third-order valence-electron chi connectivity index (χ3n) is 5.20. The molecule has 5 nitrogen and oxygen atoms in total. The Kier molecular flexibility index (Phi) is 4.77. The number of rotatable bonds is 4. The Morgan fingerprint density at radius 1 is 0.906 bits per heavy atom. The molecule has 0 radical (unpaired) electrons. The second kappa shape index (κ2) is 7.30. The number of fused-ring (bicyclic) bond motifs is 1. The van der Waals surface area contributed by atoms with E-state index in [1.54, 1.807) is 54.6 Å². The van der Waals surface area contributed by atoms with Crippen LogP contribution in [0.15, 0.2) is 72.8 Å². The van der Waals surface area contributed by atoms with Crippen molar-refractivity contribution in [3.8, 4) is 5.75 Å². The van der Waals surface area contributed by atoms with Gasteiger partial charge in [-0.25, -0.2) is 4.79 Å². The predicted molar refractivity (Wildman–Crippen MR) is 113 cm³/mol. The molecule has 164 valence electrons. The van der Waals surface area contributed by atoms with Gasteiger partial charge < -0.3 is 9.47 Å². The molecular formula is C22H13Cl2F3N2O3. The molecule has 32 heavy (non-hydrogen) atoms. The van der Waals surface area contributed by atoms with Crippen LogP contribution in [-0.4, -0.2) is 18.6 Å². The van der Waals surface area contributed by atoms with Crippen LogP contribution in [0.4, 0.5) is 29.3 Å². The Hall–Kier alpha value is -2.94. The van der Waals surface area contributed by atoms with Gasteiger partial charge in [-0.1, -0.05) is 35.3 Å². The highest BCUT2D eigenvalue weighted by atomic mass is 35.5. The number of amides is 2. The maximum Gasteiger partial charge on any atom is 0.573 e. The maximum absolute atomic E-state index is 13.5. The van der Waals surface area contributed by atoms with Gasteiger partial charge in [0.15, 0.2) is 6.23 Å². The Bertz CT molecular complexity index is 1190. The molecule has 2 heterocycles. The summed E-state index contributed by atoms with van der Waals surface area (Å²) in [5.74, 6) is -0.410. The van der Waals surface area contributed by atoms with Crippen molar-refractivity contribution < 1.29 is 27.4 Å². The smallest absolute Gasteiger partial charge is 0.406 e. The first-order valence-corrected chi connectivity index (χ1v) is 10.1. The van der Waals surface area contributed by atoms with Crippen molar-refractivity contribution in [2.24, 2.45) is 0 Å². The van der Waals surface area contributed by atoms with Crippen LogP contribution in [0.25, 0.3) is 0 Å². The molecule has 0 saturated carbocycles. The number of hydrogen-bond donors (Lipinski definition) is 0. The van der Waals surface area contributed by atoms with Crippen LogP contribution in [0.3, 0.4) is 0 Å². The van der Waals surface area contributed by atoms with Gasteiger partial charge in [0.1, 0.15) is 5.75 Å². The van der Waals surface area contributed by atoms with Gasteiger partial charge in [-0.2, -0.15) is 0 Å². The fourth-order valence-corrected chi connectivity index (χ4v) is 4.12. The number of carbonyl (C=O) groups excluding carboxylic acids is 1. The average molecular weight is 481 g/mol. The summed E-state index contributed by atoms with van der Waals surface area (Å²) < 4.78 is 48.4. The topological polar surface area (TPSA) is 45.3 Å². The molecule has 2 aliphatic heterocycles. The fraction of sp³-hybridized carbons (Fsp3) is 0.136. The standard InChI is InChI=1S/C22H13Cl2F3N2O3/c23-14-4-8-16(9-5-14)28-19-21(32-19,13-2-1-3-18(12-13)31-22(25,26)27)29(20(28)30)17-10-6-15(24)7-11-17/h1-12,19H. The Balaban J connectivity index is 1.61. The van der Waals surface area contributed by atoms with Gasteiger partial charge in [-0.05, 0) is 60.7 Å². The molecule has 0 aliphatic carbocycles. The zero-order valence-corrected chi connectivity index (χ0v) is 17.5. The number of hydrogen-bond acceptors (Lipinski definition) is 3. The lowest BCUT2D eigenvalue weighted by Gasteiger charge is -2.27. The molecule has 0 spiro atoms. The van der Waals surface area contributed by atoms with Gasteiger partial charge in [0.25, 0.3) is 0 Å². The van der Waals surface area contributed by atoms with Crippen molar-refractivity contribution in [1.82, 2.24) is 0 Å². The van der Waals surface area contributed by atoms with Crippen molar-refractivity contribution >= 4 is 40.6 Å². The minimum Gasteiger partial charge on any atom is -0.406 e. The summed E-state index contributed by atoms with van der Waals surface area (Å²) in [6, 6.07) is 18.1. The number of urea groups is 1. The van der Waals surface area contributed by atoms with E-state index in [9.17, 15) is 18.0 Å². The number of ether oxygens (including phenoxy) is 2. The van der Waals surface area contributed by atoms with Crippen LogP contribution in [0, 0.1) is 0 Å². The third-order valence-corrected chi connectivity index (χ3v) is 5.71. The van der Waals surface area contributed by atoms with E-state index in [4.69, 9.17) is 27.9 Å². The first kappa shape index (κ1) is 20.9. The molecule has 2 atom stereocenters. The summed E-state index contributed by atoms with van der Waals surface area (Å²) >= 11 is 12.0. The summed E-state index contributed by atoms with van der Waals surface area (Å²) in [6.45, 7) is 0. The highest BCUT2D eigenvalue weighted by Crippen LogP contribution is 2.58. The fourth-order valence-electron chi connectivity index (χ4n) is 3.87. The molecule has 0 aromatic heterocycles. The van der Waals surface area contributed by atoms with E-state index in [1.165, 1.54) is 28.0 Å². The minimum absolute atomic E-state index is 0.337. The van der Waals surface area contributed by atoms with Crippen molar-refractivity contribution in [3.05, 3.63) is 88.4 Å². The predicted octanol–water partition coefficient (Wildman–Crippen LogP) is 6.55. The van der Waals surface area contributed by atoms with Crippen LogP contribution < -0.4 is 14.5 Å². The molecule has 3 aromatic rings. The molecule has 3 aromatic carbocycles. The molecule has 0 bridgehead atoms. The van der Waals surface area contributed by atoms with Crippen LogP contribution in [0.5, 0.6) is 5.75 Å². The van der Waals surface area contributed by atoms with Crippen molar-refractivity contribution in [2.45, 2.75) is 18.3 Å². The maximum atomic E-state index is 13.5. The largest absolute Gasteiger partial charge is 0.573 e. The van der Waals surface area contributed by atoms with E-state index in [2.05, 4.69) is 4.74 Å². The Morgan fingerprint density at radius 3 is 2.09 bits per heavy atom. The lowest BCUT2D eigenvalue weighted by atomic mass is 10.0. The van der Waals surface area contributed by atoms with Crippen LogP contribution in [0.2, 0.25) is 10.0 Å². The van der Waals surface area contributed by atoms with Crippen LogP contribution >= 0.6 is 23.2 Å². The quantitative estimate of drug-likeness (QED) is 0.397. The van der Waals surface area contributed by atoms with Gasteiger partial charge >= 0.3 is 12.4 Å². The van der Waals surface area contributed by atoms with Gasteiger partial charge in [0.2, 0.25) is 5.72 Å². The summed E-state index contributed by atoms with van der Waals surface area (Å²) in [4.78, 5) is 16.3. The summed E-state index contributed by atoms with van der Waals surface area (Å²) in [5.41, 5.74) is 0.00477. The second-order valence-corrected chi connectivity index (χ2v) is 8.06. The van der Waals surface area contributed by atoms with E-state index in [0.29, 0.717) is 27.0 Å². The van der Waals surface area contributed by atoms with Gasteiger partial charge in [0.05, 0.1) is 0 Å². The van der Waals surface area contributed by atoms with E-state index in [-0.39, 0.29) is 0 Å². The average Bonchev–Trinajstić information content (AvgIpc) is 3.40. The molecule has 2 unspecified atom stereocenters. The first-order valence-electron chi connectivity index (χ1n) is 9.38. The normalized spacial score (nSPS) is 22.2. The summed E-state index contributed by atoms with van der Waals surface area (Å²) in [7, 11) is 0. The van der Waals surface area contributed by atoms with E-state index >= 15 is 0 Å². The van der Waals surface area contributed by atoms with E-state index in [0.717, 1.165) is 0 Å². The van der Waals surface area contributed by atoms with Crippen molar-refractivity contribution in [1.29, 1.82) is 0 Å². The van der Waals surface area contributed by atoms with Gasteiger partial charge in [-0.15, -0.1) is 13.2 Å². The lowest BCUT2D eigenvalue weighted by Crippen LogP contribution is -2.40. The SMILES string of the molecule is O=C1N(c2ccc(Cl)cc2)C2OC2(c2cccc(OC(F)(F)F)c2)N1c1ccc(Cl)cc1. The number of anilines is 2. The zero-order valence-electron chi connectivity index (χ0n) is 16.0. The van der Waals surface area contributed by atoms with Crippen molar-refractivity contribution in [3.63, 3.8) is 0 Å². The number of carbonyl (C=O) groups is 1. The number of nitrogens with zero attached hydrogens (tertiary/aromatic N) is 2. The monoisotopic (exact) mass is 480 g/mol. The van der Waals surface area contributed by atoms with Crippen LogP contribution in [-0.2, 0) is 10.5 Å². The highest BCUT2D eigenvalue weighted by molar-refractivity contribution is 6.31. The van der Waals surface area contributed by atoms with Gasteiger partial charge in [0, 0.05) is 27.0 Å². The number of epoxide rings is 1. The molecular weight excluding hydrogens is 468 g/mol. The third kappa shape index (κ3) is 3.44. The molecule has 2 aliphatic rings. The zero-order chi connectivity index (χ0) is 22.7. The second-order valence-electron chi connectivity index (χ2n) is 7.18. The Labute approximate surface area is 190 Å². The number of halogens is 5. The molecule has 5 rings (SSSR count). The minimum atomic E-state index is -4.85. The highest BCUT2D eigenvalue weighted by Gasteiger charge is 2.74. The van der Waals surface area contributed by atoms with Crippen molar-refractivity contribution in [2.75, 3.05) is 9.80 Å². The first-order chi connectivity index (χ1) is 15.2. The van der Waals surface area contributed by atoms with E-state index < -0.39 is 30.1 Å². The number of alkyl halides is 3. The summed E-state index contributed by atoms with van der Waals surface area (Å²) in [5, 5.41) is 0.966. The number of benzene rings is 3. The van der Waals surface area contributed by atoms with Crippen LogP contribution in [0.1, 0.15) is 5.56 Å². The molecule has 2 fully saturated rings. The molecule has 2 amide bonds. The molecule has 2 saturated heterocycles. The van der Waals surface area contributed by atoms with Gasteiger partial charge in [-0.3, -0.25) is 9.80 Å². The van der Waals surface area contributed by atoms with E-state index in [1.807, 2.05) is 0 Å². The molecule has 0 N–H and O–H groups in total. The molecule has 10 heteroatoms. The summed E-state index contributed by atoms with van der Waals surface area (Å²) in [6.07, 6.45) is -5.62.